The smallest absolute Gasteiger partial charge is 0.243 e. The van der Waals surface area contributed by atoms with E-state index in [0.29, 0.717) is 19.8 Å². The fourth-order valence-corrected chi connectivity index (χ4v) is 1.33. The van der Waals surface area contributed by atoms with E-state index in [9.17, 15) is 9.59 Å². The number of hydrogen-bond acceptors (Lipinski definition) is 4. The van der Waals surface area contributed by atoms with Gasteiger partial charge in [-0.1, -0.05) is 6.08 Å². The van der Waals surface area contributed by atoms with Crippen molar-refractivity contribution in [1.82, 2.24) is 10.6 Å². The lowest BCUT2D eigenvalue weighted by atomic mass is 10.3. The highest BCUT2D eigenvalue weighted by molar-refractivity contribution is 7.80. The highest BCUT2D eigenvalue weighted by Gasteiger charge is 2.16. The molecule has 0 radical (unpaired) electrons. The van der Waals surface area contributed by atoms with Gasteiger partial charge in [-0.25, -0.2) is 0 Å². The molecular weight excluding hydrogens is 240 g/mol. The van der Waals surface area contributed by atoms with Gasteiger partial charge in [-0.05, 0) is 6.42 Å². The molecule has 17 heavy (non-hydrogen) atoms. The Bertz CT molecular complexity index is 259. The largest absolute Gasteiger partial charge is 0.379 e. The van der Waals surface area contributed by atoms with Crippen LogP contribution in [-0.2, 0) is 14.3 Å². The van der Waals surface area contributed by atoms with Gasteiger partial charge in [-0.2, -0.15) is 12.6 Å². The summed E-state index contributed by atoms with van der Waals surface area (Å²) >= 11 is 4.00. The molecule has 0 fully saturated rings. The molecule has 0 saturated heterocycles. The minimum atomic E-state index is -0.594. The normalized spacial score (nSPS) is 11.6. The summed E-state index contributed by atoms with van der Waals surface area (Å²) in [7, 11) is 0. The van der Waals surface area contributed by atoms with Crippen LogP contribution in [0.5, 0.6) is 0 Å². The zero-order valence-corrected chi connectivity index (χ0v) is 11.0. The molecule has 0 heterocycles. The fraction of sp³-hybridized carbons (Fsp3) is 0.636. The van der Waals surface area contributed by atoms with Crippen molar-refractivity contribution in [3.05, 3.63) is 12.7 Å². The maximum atomic E-state index is 11.6. The SMILES string of the molecule is C=CCCOCCNC(=O)C(CS)NC(C)=O. The molecule has 0 rings (SSSR count). The molecule has 6 heteroatoms. The number of rotatable bonds is 9. The van der Waals surface area contributed by atoms with E-state index in [1.54, 1.807) is 6.08 Å². The summed E-state index contributed by atoms with van der Waals surface area (Å²) in [5.74, 6) is -0.230. The topological polar surface area (TPSA) is 67.4 Å². The van der Waals surface area contributed by atoms with Crippen molar-refractivity contribution < 1.29 is 14.3 Å². The average Bonchev–Trinajstić information content (AvgIpc) is 2.30. The maximum absolute atomic E-state index is 11.6. The molecular formula is C11H20N2O3S. The Morgan fingerprint density at radius 2 is 2.18 bits per heavy atom. The summed E-state index contributed by atoms with van der Waals surface area (Å²) in [5, 5.41) is 5.17. The number of thiol groups is 1. The predicted octanol–water partition coefficient (Wildman–Crippen LogP) is 0.130. The fourth-order valence-electron chi connectivity index (χ4n) is 1.08. The maximum Gasteiger partial charge on any atom is 0.243 e. The van der Waals surface area contributed by atoms with Crippen molar-refractivity contribution in [1.29, 1.82) is 0 Å². The van der Waals surface area contributed by atoms with Gasteiger partial charge in [0, 0.05) is 19.2 Å². The lowest BCUT2D eigenvalue weighted by Gasteiger charge is -2.15. The van der Waals surface area contributed by atoms with Gasteiger partial charge in [-0.15, -0.1) is 6.58 Å². The minimum absolute atomic E-state index is 0.248. The van der Waals surface area contributed by atoms with Crippen LogP contribution < -0.4 is 10.6 Å². The first-order valence-electron chi connectivity index (χ1n) is 5.46. The molecule has 5 nitrogen and oxygen atoms in total. The second-order valence-electron chi connectivity index (χ2n) is 3.42. The van der Waals surface area contributed by atoms with Gasteiger partial charge in [0.15, 0.2) is 0 Å². The van der Waals surface area contributed by atoms with E-state index in [1.165, 1.54) is 6.92 Å². The zero-order valence-electron chi connectivity index (χ0n) is 10.1. The standard InChI is InChI=1S/C11H20N2O3S/c1-3-4-6-16-7-5-12-11(15)10(8-17)13-9(2)14/h3,10,17H,1,4-8H2,2H3,(H,12,15)(H,13,14). The van der Waals surface area contributed by atoms with Crippen LogP contribution in [0.4, 0.5) is 0 Å². The number of ether oxygens (including phenoxy) is 1. The monoisotopic (exact) mass is 260 g/mol. The lowest BCUT2D eigenvalue weighted by molar-refractivity contribution is -0.127. The van der Waals surface area contributed by atoms with Crippen LogP contribution in [0.3, 0.4) is 0 Å². The highest BCUT2D eigenvalue weighted by Crippen LogP contribution is 1.89. The Morgan fingerprint density at radius 1 is 1.47 bits per heavy atom. The quantitative estimate of drug-likeness (QED) is 0.314. The number of carbonyl (C=O) groups excluding carboxylic acids is 2. The number of amides is 2. The van der Waals surface area contributed by atoms with Crippen LogP contribution in [-0.4, -0.2) is 43.4 Å². The molecule has 1 unspecified atom stereocenters. The van der Waals surface area contributed by atoms with Crippen molar-refractivity contribution >= 4 is 24.4 Å². The van der Waals surface area contributed by atoms with Gasteiger partial charge >= 0.3 is 0 Å². The molecule has 0 saturated carbocycles. The third kappa shape index (κ3) is 8.76. The minimum Gasteiger partial charge on any atom is -0.379 e. The molecule has 0 aliphatic carbocycles. The molecule has 98 valence electrons. The summed E-state index contributed by atoms with van der Waals surface area (Å²) in [6.07, 6.45) is 2.56. The van der Waals surface area contributed by atoms with E-state index in [0.717, 1.165) is 6.42 Å². The molecule has 0 aromatic heterocycles. The van der Waals surface area contributed by atoms with Crippen molar-refractivity contribution in [2.75, 3.05) is 25.5 Å². The van der Waals surface area contributed by atoms with Gasteiger partial charge in [-0.3, -0.25) is 9.59 Å². The van der Waals surface area contributed by atoms with Crippen LogP contribution >= 0.6 is 12.6 Å². The van der Waals surface area contributed by atoms with Crippen LogP contribution in [0.1, 0.15) is 13.3 Å². The molecule has 0 aromatic carbocycles. The Kier molecular flexibility index (Phi) is 9.56. The Labute approximate surface area is 107 Å². The van der Waals surface area contributed by atoms with Crippen molar-refractivity contribution in [3.63, 3.8) is 0 Å². The number of carbonyl (C=O) groups is 2. The number of nitrogens with one attached hydrogen (secondary N) is 2. The van der Waals surface area contributed by atoms with E-state index in [4.69, 9.17) is 4.74 Å². The highest BCUT2D eigenvalue weighted by atomic mass is 32.1. The first kappa shape index (κ1) is 16.0. The van der Waals surface area contributed by atoms with Gasteiger partial charge in [0.05, 0.1) is 13.2 Å². The molecule has 0 bridgehead atoms. The van der Waals surface area contributed by atoms with E-state index in [2.05, 4.69) is 29.8 Å². The van der Waals surface area contributed by atoms with E-state index < -0.39 is 6.04 Å². The van der Waals surface area contributed by atoms with Crippen molar-refractivity contribution in [3.8, 4) is 0 Å². The third-order valence-corrected chi connectivity index (χ3v) is 2.25. The van der Waals surface area contributed by atoms with Gasteiger partial charge < -0.3 is 15.4 Å². The molecule has 0 aliphatic rings. The predicted molar refractivity (Wildman–Crippen MR) is 70.1 cm³/mol. The summed E-state index contributed by atoms with van der Waals surface area (Å²) < 4.78 is 5.23. The van der Waals surface area contributed by atoms with Crippen LogP contribution in [0.15, 0.2) is 12.7 Å². The first-order valence-corrected chi connectivity index (χ1v) is 6.09. The first-order chi connectivity index (χ1) is 8.11. The molecule has 2 N–H and O–H groups in total. The van der Waals surface area contributed by atoms with Crippen LogP contribution in [0, 0.1) is 0 Å². The molecule has 0 spiro atoms. The average molecular weight is 260 g/mol. The molecule has 0 aromatic rings. The summed E-state index contributed by atoms with van der Waals surface area (Å²) in [5.41, 5.74) is 0. The van der Waals surface area contributed by atoms with Gasteiger partial charge in [0.25, 0.3) is 0 Å². The van der Waals surface area contributed by atoms with Gasteiger partial charge in [0.2, 0.25) is 11.8 Å². The third-order valence-electron chi connectivity index (χ3n) is 1.89. The lowest BCUT2D eigenvalue weighted by Crippen LogP contribution is -2.47. The Hall–Kier alpha value is -1.01. The van der Waals surface area contributed by atoms with E-state index >= 15 is 0 Å². The summed E-state index contributed by atoms with van der Waals surface area (Å²) in [6.45, 7) is 6.39. The summed E-state index contributed by atoms with van der Waals surface area (Å²) in [4.78, 5) is 22.4. The van der Waals surface area contributed by atoms with Crippen molar-refractivity contribution in [2.24, 2.45) is 0 Å². The van der Waals surface area contributed by atoms with E-state index in [-0.39, 0.29) is 17.6 Å². The van der Waals surface area contributed by atoms with Crippen LogP contribution in [0.25, 0.3) is 0 Å². The Morgan fingerprint density at radius 3 is 2.71 bits per heavy atom. The molecule has 0 aliphatic heterocycles. The second kappa shape index (κ2) is 10.2. The van der Waals surface area contributed by atoms with Gasteiger partial charge in [0.1, 0.15) is 6.04 Å². The molecule has 1 atom stereocenters. The summed E-state index contributed by atoms with van der Waals surface area (Å²) in [6, 6.07) is -0.594. The Balaban J connectivity index is 3.68. The number of hydrogen-bond donors (Lipinski definition) is 3. The van der Waals surface area contributed by atoms with Crippen molar-refractivity contribution in [2.45, 2.75) is 19.4 Å². The zero-order chi connectivity index (χ0) is 13.1. The second-order valence-corrected chi connectivity index (χ2v) is 3.78. The van der Waals surface area contributed by atoms with Crippen LogP contribution in [0.2, 0.25) is 0 Å². The van der Waals surface area contributed by atoms with E-state index in [1.807, 2.05) is 0 Å². The molecule has 2 amide bonds.